The van der Waals surface area contributed by atoms with Crippen LogP contribution < -0.4 is 0 Å². The first kappa shape index (κ1) is 17.4. The molecule has 0 spiro atoms. The fraction of sp³-hybridized carbons (Fsp3) is 0.500. The number of aromatic nitrogens is 4. The minimum atomic E-state index is -3.01. The third kappa shape index (κ3) is 3.37. The molecule has 1 N–H and O–H groups in total. The van der Waals surface area contributed by atoms with E-state index in [-0.39, 0.29) is 18.7 Å². The molecular weight excluding hydrogens is 332 g/mol. The maximum Gasteiger partial charge on any atom is 0.275 e. The molecule has 134 valence electrons. The first-order valence-corrected chi connectivity index (χ1v) is 7.96. The molecule has 3 rings (SSSR count). The number of pyridine rings is 1. The number of likely N-dealkylation sites (tertiary alicyclic amines) is 1. The number of piperidine rings is 1. The summed E-state index contributed by atoms with van der Waals surface area (Å²) in [6.07, 6.45) is 2.53. The second-order valence-electron chi connectivity index (χ2n) is 6.36. The minimum Gasteiger partial charge on any atom is -0.394 e. The third-order valence-electron chi connectivity index (χ3n) is 4.38. The molecule has 1 unspecified atom stereocenters. The molecule has 1 aliphatic heterocycles. The Kier molecular flexibility index (Phi) is 4.51. The molecule has 2 aromatic rings. The Morgan fingerprint density at radius 2 is 2.04 bits per heavy atom. The quantitative estimate of drug-likeness (QED) is 0.905. The molecular formula is C16H19F2N5O2. The summed E-state index contributed by atoms with van der Waals surface area (Å²) in [6, 6.07) is 2.62. The summed E-state index contributed by atoms with van der Waals surface area (Å²) in [5, 5.41) is 17.6. The van der Waals surface area contributed by atoms with Crippen LogP contribution in [0.25, 0.3) is 5.69 Å². The van der Waals surface area contributed by atoms with E-state index >= 15 is 0 Å². The van der Waals surface area contributed by atoms with Crippen LogP contribution in [0.1, 0.15) is 29.5 Å². The van der Waals surface area contributed by atoms with Crippen LogP contribution in [0.2, 0.25) is 0 Å². The van der Waals surface area contributed by atoms with E-state index in [2.05, 4.69) is 15.2 Å². The van der Waals surface area contributed by atoms with Gasteiger partial charge in [-0.05, 0) is 25.0 Å². The zero-order valence-corrected chi connectivity index (χ0v) is 13.9. The minimum absolute atomic E-state index is 0.0143. The van der Waals surface area contributed by atoms with Crippen molar-refractivity contribution in [3.8, 4) is 5.69 Å². The van der Waals surface area contributed by atoms with Crippen LogP contribution in [0.5, 0.6) is 0 Å². The molecule has 2 aromatic heterocycles. The largest absolute Gasteiger partial charge is 0.394 e. The molecule has 0 saturated carbocycles. The molecule has 2 atom stereocenters. The maximum atomic E-state index is 14.0. The second kappa shape index (κ2) is 6.47. The van der Waals surface area contributed by atoms with Crippen LogP contribution in [-0.4, -0.2) is 61.0 Å². The molecule has 0 bridgehead atoms. The number of halogens is 2. The summed E-state index contributed by atoms with van der Waals surface area (Å²) in [5.41, 5.74) is 0.856. The zero-order chi connectivity index (χ0) is 18.2. The van der Waals surface area contributed by atoms with Gasteiger partial charge < -0.3 is 10.0 Å². The number of carbonyl (C=O) groups excluding carboxylic acids is 1. The maximum absolute atomic E-state index is 14.0. The average Bonchev–Trinajstić information content (AvgIpc) is 3.07. The Hall–Kier alpha value is -2.42. The van der Waals surface area contributed by atoms with Crippen LogP contribution in [0, 0.1) is 12.8 Å². The highest BCUT2D eigenvalue weighted by molar-refractivity contribution is 5.96. The van der Waals surface area contributed by atoms with Crippen LogP contribution in [-0.2, 0) is 0 Å². The molecule has 0 radical (unpaired) electrons. The smallest absolute Gasteiger partial charge is 0.275 e. The number of alkyl halides is 2. The van der Waals surface area contributed by atoms with Gasteiger partial charge in [0.25, 0.3) is 11.8 Å². The van der Waals surface area contributed by atoms with E-state index in [1.807, 2.05) is 0 Å². The Balaban J connectivity index is 2.03. The number of aryl methyl sites for hydroxylation is 1. The molecule has 0 aliphatic carbocycles. The van der Waals surface area contributed by atoms with E-state index in [4.69, 9.17) is 0 Å². The lowest BCUT2D eigenvalue weighted by atomic mass is 9.88. The van der Waals surface area contributed by atoms with Gasteiger partial charge in [0.1, 0.15) is 5.69 Å². The number of hydrogen-bond donors (Lipinski definition) is 1. The van der Waals surface area contributed by atoms with Gasteiger partial charge in [0.05, 0.1) is 31.6 Å². The Labute approximate surface area is 143 Å². The van der Waals surface area contributed by atoms with Gasteiger partial charge in [0.15, 0.2) is 5.69 Å². The predicted octanol–water partition coefficient (Wildman–Crippen LogP) is 1.45. The topological polar surface area (TPSA) is 84.1 Å². The van der Waals surface area contributed by atoms with E-state index in [1.165, 1.54) is 17.2 Å². The molecule has 9 heteroatoms. The fourth-order valence-electron chi connectivity index (χ4n) is 3.19. The number of aliphatic hydroxyl groups is 1. The van der Waals surface area contributed by atoms with E-state index in [0.717, 1.165) is 4.90 Å². The monoisotopic (exact) mass is 351 g/mol. The first-order valence-electron chi connectivity index (χ1n) is 7.96. The highest BCUT2D eigenvalue weighted by Crippen LogP contribution is 2.35. The summed E-state index contributed by atoms with van der Waals surface area (Å²) >= 11 is 0. The molecule has 1 amide bonds. The Bertz CT molecular complexity index is 766. The van der Waals surface area contributed by atoms with E-state index in [1.54, 1.807) is 26.0 Å². The van der Waals surface area contributed by atoms with Gasteiger partial charge in [-0.1, -0.05) is 6.92 Å². The molecule has 1 aliphatic rings. The molecule has 1 saturated heterocycles. The van der Waals surface area contributed by atoms with Crippen molar-refractivity contribution >= 4 is 5.91 Å². The number of carbonyl (C=O) groups is 1. The van der Waals surface area contributed by atoms with Crippen molar-refractivity contribution < 1.29 is 18.7 Å². The number of nitrogens with zero attached hydrogens (tertiary/aromatic N) is 5. The van der Waals surface area contributed by atoms with Crippen molar-refractivity contribution in [2.45, 2.75) is 32.2 Å². The third-order valence-corrected chi connectivity index (χ3v) is 4.38. The number of aliphatic hydroxyl groups excluding tert-OH is 1. The van der Waals surface area contributed by atoms with Gasteiger partial charge in [-0.15, -0.1) is 4.80 Å². The van der Waals surface area contributed by atoms with Crippen LogP contribution in [0.15, 0.2) is 24.5 Å². The molecule has 25 heavy (non-hydrogen) atoms. The van der Waals surface area contributed by atoms with Crippen LogP contribution in [0.3, 0.4) is 0 Å². The lowest BCUT2D eigenvalue weighted by Gasteiger charge is -2.42. The van der Waals surface area contributed by atoms with Crippen LogP contribution in [0.4, 0.5) is 8.78 Å². The van der Waals surface area contributed by atoms with Gasteiger partial charge >= 0.3 is 0 Å². The van der Waals surface area contributed by atoms with Gasteiger partial charge in [-0.25, -0.2) is 13.8 Å². The summed E-state index contributed by atoms with van der Waals surface area (Å²) in [4.78, 5) is 19.5. The Morgan fingerprint density at radius 1 is 1.36 bits per heavy atom. The second-order valence-corrected chi connectivity index (χ2v) is 6.36. The lowest BCUT2D eigenvalue weighted by molar-refractivity contribution is -0.0992. The first-order chi connectivity index (χ1) is 11.8. The fourth-order valence-corrected chi connectivity index (χ4v) is 3.19. The summed E-state index contributed by atoms with van der Waals surface area (Å²) < 4.78 is 28.0. The number of amides is 1. The van der Waals surface area contributed by atoms with Gasteiger partial charge in [-0.3, -0.25) is 4.79 Å². The highest BCUT2D eigenvalue weighted by atomic mass is 19.3. The lowest BCUT2D eigenvalue weighted by Crippen LogP contribution is -2.56. The van der Waals surface area contributed by atoms with E-state index < -0.39 is 30.3 Å². The van der Waals surface area contributed by atoms with E-state index in [9.17, 15) is 18.7 Å². The van der Waals surface area contributed by atoms with Gasteiger partial charge in [0.2, 0.25) is 0 Å². The highest BCUT2D eigenvalue weighted by Gasteiger charge is 2.46. The SMILES string of the molecule is Cc1ccc(-n2nccn2)c(C(=O)N2CC(F)(F)C[C@@H](C)C2CO)n1. The Morgan fingerprint density at radius 3 is 2.68 bits per heavy atom. The van der Waals surface area contributed by atoms with Gasteiger partial charge in [0, 0.05) is 12.1 Å². The van der Waals surface area contributed by atoms with Crippen molar-refractivity contribution in [3.63, 3.8) is 0 Å². The van der Waals surface area contributed by atoms with Crippen LogP contribution >= 0.6 is 0 Å². The number of hydrogen-bond acceptors (Lipinski definition) is 5. The molecule has 1 fully saturated rings. The van der Waals surface area contributed by atoms with Crippen molar-refractivity contribution in [2.24, 2.45) is 5.92 Å². The summed E-state index contributed by atoms with van der Waals surface area (Å²) in [5.74, 6) is -4.20. The van der Waals surface area contributed by atoms with Crippen molar-refractivity contribution in [1.29, 1.82) is 0 Å². The standard InChI is InChI=1S/C16H19F2N5O2/c1-10-7-16(17,18)9-22(13(10)8-24)15(25)14-12(4-3-11(2)21-14)23-19-5-6-20-23/h3-6,10,13,24H,7-9H2,1-2H3/t10-,13?/m1/s1. The summed E-state index contributed by atoms with van der Waals surface area (Å²) in [6.45, 7) is 2.18. The van der Waals surface area contributed by atoms with Crippen molar-refractivity contribution in [3.05, 3.63) is 35.9 Å². The predicted molar refractivity (Wildman–Crippen MR) is 84.5 cm³/mol. The van der Waals surface area contributed by atoms with Crippen molar-refractivity contribution in [2.75, 3.05) is 13.2 Å². The molecule has 0 aromatic carbocycles. The normalized spacial score (nSPS) is 22.8. The van der Waals surface area contributed by atoms with Crippen molar-refractivity contribution in [1.82, 2.24) is 24.9 Å². The average molecular weight is 351 g/mol. The summed E-state index contributed by atoms with van der Waals surface area (Å²) in [7, 11) is 0. The van der Waals surface area contributed by atoms with Gasteiger partial charge in [-0.2, -0.15) is 10.2 Å². The molecule has 3 heterocycles. The number of rotatable bonds is 3. The van der Waals surface area contributed by atoms with E-state index in [0.29, 0.717) is 11.4 Å². The molecule has 7 nitrogen and oxygen atoms in total. The zero-order valence-electron chi connectivity index (χ0n) is 13.9.